The lowest BCUT2D eigenvalue weighted by molar-refractivity contribution is -0.139. The van der Waals surface area contributed by atoms with Gasteiger partial charge < -0.3 is 5.11 Å². The largest absolute Gasteiger partial charge is 0.481 e. The van der Waals surface area contributed by atoms with Gasteiger partial charge in [-0.15, -0.1) is 0 Å². The minimum Gasteiger partial charge on any atom is -0.481 e. The Morgan fingerprint density at radius 3 is 2.44 bits per heavy atom. The maximum atomic E-state index is 10.8. The summed E-state index contributed by atoms with van der Waals surface area (Å²) in [5.74, 6) is 0.184. The van der Waals surface area contributed by atoms with Crippen LogP contribution in [0.4, 0.5) is 0 Å². The molecule has 0 bridgehead atoms. The van der Waals surface area contributed by atoms with Crippen LogP contribution in [0.15, 0.2) is 30.3 Å². The summed E-state index contributed by atoms with van der Waals surface area (Å²) in [7, 11) is 0. The first-order valence-corrected chi connectivity index (χ1v) is 5.75. The van der Waals surface area contributed by atoms with E-state index in [2.05, 4.69) is 17.0 Å². The lowest BCUT2D eigenvalue weighted by atomic mass is 10.2. The molecule has 2 fully saturated rings. The molecule has 1 heterocycles. The molecule has 1 aromatic carbocycles. The molecule has 0 spiro atoms. The Morgan fingerprint density at radius 1 is 1.25 bits per heavy atom. The monoisotopic (exact) mass is 217 g/mol. The summed E-state index contributed by atoms with van der Waals surface area (Å²) in [5.41, 5.74) is 1.32. The third kappa shape index (κ3) is 1.61. The van der Waals surface area contributed by atoms with Gasteiger partial charge in [0.05, 0.1) is 5.92 Å². The molecule has 1 saturated carbocycles. The molecule has 0 radical (unpaired) electrons. The van der Waals surface area contributed by atoms with Crippen LogP contribution in [0.3, 0.4) is 0 Å². The van der Waals surface area contributed by atoms with Crippen LogP contribution in [0.2, 0.25) is 0 Å². The molecule has 16 heavy (non-hydrogen) atoms. The maximum Gasteiger partial charge on any atom is 0.307 e. The summed E-state index contributed by atoms with van der Waals surface area (Å²) in [4.78, 5) is 13.2. The van der Waals surface area contributed by atoms with E-state index in [-0.39, 0.29) is 5.92 Å². The molecule has 2 aliphatic rings. The van der Waals surface area contributed by atoms with Gasteiger partial charge in [0.2, 0.25) is 0 Å². The van der Waals surface area contributed by atoms with E-state index in [0.717, 1.165) is 19.6 Å². The van der Waals surface area contributed by atoms with Crippen LogP contribution in [0.25, 0.3) is 0 Å². The van der Waals surface area contributed by atoms with Crippen molar-refractivity contribution in [3.63, 3.8) is 0 Å². The van der Waals surface area contributed by atoms with Gasteiger partial charge in [0.15, 0.2) is 0 Å². The standard InChI is InChI=1S/C13H15NO2/c15-13(16)12-10-7-14(8-11(10)12)6-9-4-2-1-3-5-9/h1-5,10-12H,6-8H2,(H,15,16)/t10-,11+,12-. The van der Waals surface area contributed by atoms with Gasteiger partial charge in [-0.1, -0.05) is 30.3 Å². The molecule has 0 aromatic heterocycles. The van der Waals surface area contributed by atoms with Crippen LogP contribution in [-0.2, 0) is 11.3 Å². The molecule has 1 aliphatic carbocycles. The molecule has 3 atom stereocenters. The van der Waals surface area contributed by atoms with Gasteiger partial charge in [-0.05, 0) is 17.4 Å². The fraction of sp³-hybridized carbons (Fsp3) is 0.462. The molecule has 3 nitrogen and oxygen atoms in total. The summed E-state index contributed by atoms with van der Waals surface area (Å²) in [6.45, 7) is 2.87. The van der Waals surface area contributed by atoms with Gasteiger partial charge in [0, 0.05) is 19.6 Å². The van der Waals surface area contributed by atoms with Crippen molar-refractivity contribution in [2.45, 2.75) is 6.54 Å². The fourth-order valence-corrected chi connectivity index (χ4v) is 2.95. The number of piperidine rings is 1. The number of hydrogen-bond donors (Lipinski definition) is 1. The van der Waals surface area contributed by atoms with Crippen molar-refractivity contribution in [2.24, 2.45) is 17.8 Å². The summed E-state index contributed by atoms with van der Waals surface area (Å²) >= 11 is 0. The predicted molar refractivity (Wildman–Crippen MR) is 59.8 cm³/mol. The van der Waals surface area contributed by atoms with Crippen LogP contribution in [0.5, 0.6) is 0 Å². The van der Waals surface area contributed by atoms with Crippen molar-refractivity contribution in [2.75, 3.05) is 13.1 Å². The first kappa shape index (κ1) is 9.85. The van der Waals surface area contributed by atoms with Crippen LogP contribution >= 0.6 is 0 Å². The highest BCUT2D eigenvalue weighted by Gasteiger charge is 2.59. The van der Waals surface area contributed by atoms with Gasteiger partial charge in [-0.2, -0.15) is 0 Å². The predicted octanol–water partition coefficient (Wildman–Crippen LogP) is 1.45. The summed E-state index contributed by atoms with van der Waals surface area (Å²) < 4.78 is 0. The number of fused-ring (bicyclic) bond motifs is 1. The molecule has 1 saturated heterocycles. The van der Waals surface area contributed by atoms with Crippen molar-refractivity contribution in [1.82, 2.24) is 4.90 Å². The first-order chi connectivity index (χ1) is 7.75. The van der Waals surface area contributed by atoms with E-state index in [1.54, 1.807) is 0 Å². The highest BCUT2D eigenvalue weighted by Crippen LogP contribution is 2.51. The summed E-state index contributed by atoms with van der Waals surface area (Å²) in [6, 6.07) is 10.4. The molecule has 1 aromatic rings. The first-order valence-electron chi connectivity index (χ1n) is 5.75. The van der Waals surface area contributed by atoms with Crippen LogP contribution in [0.1, 0.15) is 5.56 Å². The lowest BCUT2D eigenvalue weighted by Gasteiger charge is -2.18. The molecule has 1 N–H and O–H groups in total. The van der Waals surface area contributed by atoms with Gasteiger partial charge in [0.25, 0.3) is 0 Å². The number of carboxylic acid groups (broad SMARTS) is 1. The summed E-state index contributed by atoms with van der Waals surface area (Å²) in [5, 5.41) is 8.92. The van der Waals surface area contributed by atoms with E-state index in [0.29, 0.717) is 11.8 Å². The second-order valence-electron chi connectivity index (χ2n) is 4.87. The lowest BCUT2D eigenvalue weighted by Crippen LogP contribution is -2.25. The number of likely N-dealkylation sites (tertiary alicyclic amines) is 1. The Labute approximate surface area is 94.7 Å². The van der Waals surface area contributed by atoms with E-state index in [1.807, 2.05) is 18.2 Å². The maximum absolute atomic E-state index is 10.8. The van der Waals surface area contributed by atoms with E-state index in [1.165, 1.54) is 5.56 Å². The number of carboxylic acids is 1. The smallest absolute Gasteiger partial charge is 0.307 e. The third-order valence-electron chi connectivity index (χ3n) is 3.80. The van der Waals surface area contributed by atoms with Crippen molar-refractivity contribution < 1.29 is 9.90 Å². The van der Waals surface area contributed by atoms with E-state index >= 15 is 0 Å². The number of rotatable bonds is 3. The average molecular weight is 217 g/mol. The SMILES string of the molecule is O=C(O)[C@@H]1[C@@H]2CN(Cc3ccccc3)C[C@@H]21. The van der Waals surface area contributed by atoms with Crippen LogP contribution in [0, 0.1) is 17.8 Å². The number of aliphatic carboxylic acids is 1. The van der Waals surface area contributed by atoms with Crippen molar-refractivity contribution in [1.29, 1.82) is 0 Å². The second-order valence-corrected chi connectivity index (χ2v) is 4.87. The number of hydrogen-bond acceptors (Lipinski definition) is 2. The average Bonchev–Trinajstić information content (AvgIpc) is 2.79. The normalized spacial score (nSPS) is 32.4. The van der Waals surface area contributed by atoms with E-state index in [9.17, 15) is 4.79 Å². The third-order valence-corrected chi connectivity index (χ3v) is 3.80. The van der Waals surface area contributed by atoms with Crippen molar-refractivity contribution >= 4 is 5.97 Å². The number of carbonyl (C=O) groups is 1. The highest BCUT2D eigenvalue weighted by atomic mass is 16.4. The molecule has 1 aliphatic heterocycles. The number of benzene rings is 1. The molecular weight excluding hydrogens is 202 g/mol. The highest BCUT2D eigenvalue weighted by molar-refractivity contribution is 5.74. The fourth-order valence-electron chi connectivity index (χ4n) is 2.95. The Morgan fingerprint density at radius 2 is 1.88 bits per heavy atom. The van der Waals surface area contributed by atoms with E-state index in [4.69, 9.17) is 5.11 Å². The zero-order chi connectivity index (χ0) is 11.1. The van der Waals surface area contributed by atoms with Crippen LogP contribution in [-0.4, -0.2) is 29.1 Å². The quantitative estimate of drug-likeness (QED) is 0.833. The Balaban J connectivity index is 1.57. The van der Waals surface area contributed by atoms with E-state index < -0.39 is 5.97 Å². The molecule has 0 amide bonds. The molecule has 84 valence electrons. The van der Waals surface area contributed by atoms with Crippen LogP contribution < -0.4 is 0 Å². The van der Waals surface area contributed by atoms with Crippen molar-refractivity contribution in [3.05, 3.63) is 35.9 Å². The Bertz CT molecular complexity index is 392. The summed E-state index contributed by atoms with van der Waals surface area (Å²) in [6.07, 6.45) is 0. The zero-order valence-corrected chi connectivity index (χ0v) is 9.04. The topological polar surface area (TPSA) is 40.5 Å². The molecule has 3 rings (SSSR count). The second kappa shape index (κ2) is 3.59. The molecule has 0 unspecified atom stereocenters. The molecule has 3 heteroatoms. The molecular formula is C13H15NO2. The van der Waals surface area contributed by atoms with Gasteiger partial charge in [-0.25, -0.2) is 0 Å². The van der Waals surface area contributed by atoms with Gasteiger partial charge >= 0.3 is 5.97 Å². The minimum absolute atomic E-state index is 0.0491. The zero-order valence-electron chi connectivity index (χ0n) is 9.04. The Kier molecular flexibility index (Phi) is 2.21. The van der Waals surface area contributed by atoms with Gasteiger partial charge in [0.1, 0.15) is 0 Å². The van der Waals surface area contributed by atoms with Gasteiger partial charge in [-0.3, -0.25) is 9.69 Å². The minimum atomic E-state index is -0.602. The Hall–Kier alpha value is -1.35. The van der Waals surface area contributed by atoms with Crippen molar-refractivity contribution in [3.8, 4) is 0 Å². The number of nitrogens with zero attached hydrogens (tertiary/aromatic N) is 1.